The molecule has 2 aliphatic carbocycles. The third-order valence-electron chi connectivity index (χ3n) is 14.0. The van der Waals surface area contributed by atoms with Crippen LogP contribution in [0.3, 0.4) is 0 Å². The number of benzene rings is 5. The van der Waals surface area contributed by atoms with Crippen LogP contribution in [0.4, 0.5) is 19.7 Å². The Morgan fingerprint density at radius 1 is 0.658 bits per heavy atom. The lowest BCUT2D eigenvalue weighted by Gasteiger charge is -2.32. The maximum atomic E-state index is 13.5. The van der Waals surface area contributed by atoms with Crippen LogP contribution in [0, 0.1) is 19.7 Å². The number of H-pyrrole nitrogens is 2. The molecule has 5 N–H and O–H groups in total. The number of rotatable bonds is 14. The van der Waals surface area contributed by atoms with Crippen molar-refractivity contribution >= 4 is 63.6 Å². The van der Waals surface area contributed by atoms with Gasteiger partial charge < -0.3 is 40.1 Å². The van der Waals surface area contributed by atoms with E-state index in [2.05, 4.69) is 60.2 Å². The van der Waals surface area contributed by atoms with Crippen molar-refractivity contribution in [3.63, 3.8) is 0 Å². The number of ketones is 1. The molecule has 2 amide bonds. The minimum absolute atomic E-state index is 0.0761. The number of aryl methyl sites for hydroxylation is 4. The zero-order valence-corrected chi connectivity index (χ0v) is 44.9. The smallest absolute Gasteiger partial charge is 0.410 e. The molecule has 0 spiro atoms. The molecule has 2 aromatic heterocycles. The Hall–Kier alpha value is -7.93. The average Bonchev–Trinajstić information content (AvgIpc) is 4.14. The standard InChI is InChI=1S/C35H38FN3O3.C28H32N2O4/c1-22-28(30-7-5-6-8-32(30)38-22)17-18-39(34(41)42-35(2,3)4)33-16-12-24-19-23(10-15-29(24)33)9-14-27(40)20-25-11-13-26(36)21-31(25)37;1-18-21(23-7-5-6-8-24(23)29-18)15-16-30(27(33)34-28(2,3)4)25-13-11-20-17-19(9-12-22(20)25)10-14-26(31)32/h5-11,13-15,19,21,33,38H,12,16-18,20,37H2,1-4H3;5-10,12,14,17,25,29H,11,13,15-16H2,1-4H3,(H,31,32)/b14-9+;14-10+. The van der Waals surface area contributed by atoms with Crippen LogP contribution in [0.1, 0.15) is 128 Å². The highest BCUT2D eigenvalue weighted by Crippen LogP contribution is 2.40. The van der Waals surface area contributed by atoms with Gasteiger partial charge in [0.05, 0.1) is 12.1 Å². The van der Waals surface area contributed by atoms with Gasteiger partial charge in [-0.25, -0.2) is 18.8 Å². The van der Waals surface area contributed by atoms with Gasteiger partial charge in [-0.15, -0.1) is 0 Å². The maximum Gasteiger partial charge on any atom is 0.410 e. The molecule has 0 saturated heterocycles. The molecule has 0 radical (unpaired) electrons. The monoisotopic (exact) mass is 1030 g/mol. The normalized spacial score (nSPS) is 15.2. The van der Waals surface area contributed by atoms with Gasteiger partial charge in [0.2, 0.25) is 0 Å². The van der Waals surface area contributed by atoms with Crippen LogP contribution >= 0.6 is 0 Å². The molecule has 9 rings (SSSR count). The van der Waals surface area contributed by atoms with Gasteiger partial charge in [-0.05, 0) is 180 Å². The molecule has 13 heteroatoms. The fraction of sp³-hybridized carbons (Fsp3) is 0.333. The number of carbonyl (C=O) groups is 4. The van der Waals surface area contributed by atoms with Crippen molar-refractivity contribution in [1.82, 2.24) is 19.8 Å². The summed E-state index contributed by atoms with van der Waals surface area (Å²) < 4.78 is 25.0. The second kappa shape index (κ2) is 22.9. The Bertz CT molecular complexity index is 3350. The molecule has 76 heavy (non-hydrogen) atoms. The number of nitrogens with two attached hydrogens (primary N) is 1. The van der Waals surface area contributed by atoms with Crippen molar-refractivity contribution in [3.8, 4) is 0 Å². The van der Waals surface area contributed by atoms with Gasteiger partial charge >= 0.3 is 18.2 Å². The first-order valence-electron chi connectivity index (χ1n) is 26.1. The molecular weight excluding hydrogens is 958 g/mol. The Labute approximate surface area is 444 Å². The lowest BCUT2D eigenvalue weighted by molar-refractivity contribution is -0.131. The maximum absolute atomic E-state index is 13.5. The number of amides is 2. The number of nitrogens with zero attached hydrogens (tertiary/aromatic N) is 2. The predicted octanol–water partition coefficient (Wildman–Crippen LogP) is 13.5. The van der Waals surface area contributed by atoms with E-state index in [4.69, 9.17) is 20.3 Å². The summed E-state index contributed by atoms with van der Waals surface area (Å²) in [6.07, 6.45) is 10.3. The number of carboxylic acid groups (broad SMARTS) is 1. The van der Waals surface area contributed by atoms with Crippen molar-refractivity contribution in [1.29, 1.82) is 0 Å². The molecule has 0 bridgehead atoms. The number of halogens is 1. The minimum Gasteiger partial charge on any atom is -0.478 e. The summed E-state index contributed by atoms with van der Waals surface area (Å²) >= 11 is 0. The van der Waals surface area contributed by atoms with Crippen LogP contribution < -0.4 is 5.73 Å². The van der Waals surface area contributed by atoms with Crippen molar-refractivity contribution < 1.29 is 38.1 Å². The molecule has 0 aliphatic heterocycles. The number of para-hydroxylation sites is 2. The number of nitrogens with one attached hydrogen (secondary N) is 2. The van der Waals surface area contributed by atoms with Gasteiger partial charge in [0.1, 0.15) is 17.0 Å². The number of hydrogen-bond acceptors (Lipinski definition) is 7. The highest BCUT2D eigenvalue weighted by atomic mass is 19.1. The molecule has 2 heterocycles. The van der Waals surface area contributed by atoms with Gasteiger partial charge in [0.25, 0.3) is 0 Å². The van der Waals surface area contributed by atoms with E-state index < -0.39 is 23.0 Å². The van der Waals surface area contributed by atoms with E-state index >= 15 is 0 Å². The first-order valence-corrected chi connectivity index (χ1v) is 26.1. The van der Waals surface area contributed by atoms with E-state index in [0.717, 1.165) is 94.0 Å². The average molecular weight is 1030 g/mol. The number of allylic oxidation sites excluding steroid dienone is 1. The number of anilines is 1. The Balaban J connectivity index is 0.000000206. The summed E-state index contributed by atoms with van der Waals surface area (Å²) in [5.41, 5.74) is 18.7. The lowest BCUT2D eigenvalue weighted by Crippen LogP contribution is -2.40. The first-order chi connectivity index (χ1) is 36.1. The summed E-state index contributed by atoms with van der Waals surface area (Å²) in [4.78, 5) is 60.9. The van der Waals surface area contributed by atoms with Gasteiger partial charge in [-0.2, -0.15) is 0 Å². The number of hydrogen-bond donors (Lipinski definition) is 4. The van der Waals surface area contributed by atoms with Gasteiger partial charge in [-0.3, -0.25) is 4.79 Å². The van der Waals surface area contributed by atoms with Crippen molar-refractivity contribution in [2.45, 2.75) is 124 Å². The van der Waals surface area contributed by atoms with Gasteiger partial charge in [0, 0.05) is 64.5 Å². The molecule has 2 aliphatic rings. The van der Waals surface area contributed by atoms with E-state index in [-0.39, 0.29) is 42.2 Å². The molecule has 2 atom stereocenters. The Morgan fingerprint density at radius 2 is 1.12 bits per heavy atom. The highest BCUT2D eigenvalue weighted by molar-refractivity contribution is 5.96. The molecule has 7 aromatic rings. The summed E-state index contributed by atoms with van der Waals surface area (Å²) in [7, 11) is 0. The van der Waals surface area contributed by atoms with Crippen molar-refractivity contribution in [2.24, 2.45) is 0 Å². The van der Waals surface area contributed by atoms with E-state index in [0.29, 0.717) is 25.1 Å². The topological polar surface area (TPSA) is 171 Å². The van der Waals surface area contributed by atoms with Crippen LogP contribution in [0.15, 0.2) is 115 Å². The van der Waals surface area contributed by atoms with Crippen LogP contribution in [0.5, 0.6) is 0 Å². The van der Waals surface area contributed by atoms with Crippen LogP contribution in [-0.2, 0) is 51.2 Å². The van der Waals surface area contributed by atoms with Gasteiger partial charge in [0.15, 0.2) is 5.78 Å². The van der Waals surface area contributed by atoms with Gasteiger partial charge in [-0.1, -0.05) is 84.9 Å². The van der Waals surface area contributed by atoms with Crippen LogP contribution in [0.25, 0.3) is 34.0 Å². The Kier molecular flexibility index (Phi) is 16.4. The van der Waals surface area contributed by atoms with E-state index in [9.17, 15) is 23.6 Å². The molecule has 2 unspecified atom stereocenters. The zero-order chi connectivity index (χ0) is 54.5. The number of aromatic nitrogens is 2. The molecule has 0 fully saturated rings. The van der Waals surface area contributed by atoms with Crippen LogP contribution in [0.2, 0.25) is 0 Å². The fourth-order valence-corrected chi connectivity index (χ4v) is 10.6. The Morgan fingerprint density at radius 3 is 1.57 bits per heavy atom. The quantitative estimate of drug-likeness (QED) is 0.0616. The molecular formula is C63H70FN5O7. The summed E-state index contributed by atoms with van der Waals surface area (Å²) in [5.74, 6) is -1.51. The first kappa shape index (κ1) is 54.3. The summed E-state index contributed by atoms with van der Waals surface area (Å²) in [6.45, 7) is 16.5. The summed E-state index contributed by atoms with van der Waals surface area (Å²) in [5, 5.41) is 11.3. The molecule has 0 saturated carbocycles. The van der Waals surface area contributed by atoms with Crippen molar-refractivity contribution in [2.75, 3.05) is 18.8 Å². The minimum atomic E-state index is -0.970. The fourth-order valence-electron chi connectivity index (χ4n) is 10.6. The molecule has 5 aromatic carbocycles. The number of fused-ring (bicyclic) bond motifs is 4. The number of carbonyl (C=O) groups excluding carboxylic acids is 3. The third-order valence-corrected chi connectivity index (χ3v) is 14.0. The largest absolute Gasteiger partial charge is 0.478 e. The van der Waals surface area contributed by atoms with E-state index in [1.807, 2.05) is 99.9 Å². The lowest BCUT2D eigenvalue weighted by atomic mass is 10.0. The SMILES string of the molecule is Cc1[nH]c2ccccc2c1CCN(C(=O)OC(C)(C)C)C1CCc2cc(/C=C/C(=O)Cc3ccc(F)cc3N)ccc21.Cc1[nH]c2ccccc2c1CCN(C(=O)OC(C)(C)C)C1CCc2cc(/C=C/C(=O)O)ccc21. The van der Waals surface area contributed by atoms with E-state index in [1.165, 1.54) is 40.1 Å². The second-order valence-electron chi connectivity index (χ2n) is 21.9. The highest BCUT2D eigenvalue weighted by Gasteiger charge is 2.36. The third kappa shape index (κ3) is 13.3. The van der Waals surface area contributed by atoms with Crippen LogP contribution in [-0.4, -0.2) is 73.1 Å². The number of nitrogen functional groups attached to an aromatic ring is 1. The summed E-state index contributed by atoms with van der Waals surface area (Å²) in [6, 6.07) is 32.5. The number of ether oxygens (including phenoxy) is 2. The zero-order valence-electron chi connectivity index (χ0n) is 44.9. The van der Waals surface area contributed by atoms with Crippen molar-refractivity contribution in [3.05, 3.63) is 183 Å². The predicted molar refractivity (Wildman–Crippen MR) is 300 cm³/mol. The molecule has 12 nitrogen and oxygen atoms in total. The number of carboxylic acids is 1. The number of aromatic amines is 2. The van der Waals surface area contributed by atoms with E-state index in [1.54, 1.807) is 18.2 Å². The number of aliphatic carboxylic acids is 1. The second-order valence-corrected chi connectivity index (χ2v) is 21.9. The molecule has 396 valence electrons.